The number of alkyl halides is 2. The Bertz CT molecular complexity index is 391. The Morgan fingerprint density at radius 1 is 1.47 bits per heavy atom. The van der Waals surface area contributed by atoms with Crippen LogP contribution in [-0.4, -0.2) is 77.1 Å². The third kappa shape index (κ3) is 2.31. The first kappa shape index (κ1) is 14.2. The summed E-state index contributed by atoms with van der Waals surface area (Å²) in [6.45, 7) is -0.450. The van der Waals surface area contributed by atoms with Gasteiger partial charge in [-0.05, 0) is 0 Å². The second-order valence-corrected chi connectivity index (χ2v) is 4.62. The van der Waals surface area contributed by atoms with Crippen molar-refractivity contribution in [3.05, 3.63) is 12.2 Å². The summed E-state index contributed by atoms with van der Waals surface area (Å²) in [6.07, 6.45) is -2.14. The van der Waals surface area contributed by atoms with E-state index < -0.39 is 37.0 Å². The number of aliphatic hydroxyl groups is 2. The van der Waals surface area contributed by atoms with Crippen LogP contribution in [0, 0.1) is 0 Å². The lowest BCUT2D eigenvalue weighted by Crippen LogP contribution is -2.54. The van der Waals surface area contributed by atoms with E-state index in [1.165, 1.54) is 11.9 Å². The number of aliphatic hydroxyl groups excluding tert-OH is 2. The smallest absolute Gasteiger partial charge is 0.322 e. The monoisotopic (exact) mass is 278 g/mol. The van der Waals surface area contributed by atoms with Gasteiger partial charge >= 0.3 is 12.0 Å². The third-order valence-electron chi connectivity index (χ3n) is 3.26. The average Bonchev–Trinajstić information content (AvgIpc) is 2.50. The Labute approximate surface area is 108 Å². The number of hydrogen-bond acceptors (Lipinski definition) is 4. The predicted molar refractivity (Wildman–Crippen MR) is 60.6 cm³/mol. The van der Waals surface area contributed by atoms with Gasteiger partial charge in [-0.3, -0.25) is 4.90 Å². The van der Waals surface area contributed by atoms with Crippen LogP contribution < -0.4 is 0 Å². The molecule has 2 rings (SSSR count). The molecule has 2 heterocycles. The summed E-state index contributed by atoms with van der Waals surface area (Å²) in [4.78, 5) is 14.1. The first-order valence-corrected chi connectivity index (χ1v) is 5.88. The van der Waals surface area contributed by atoms with Crippen LogP contribution in [0.15, 0.2) is 12.2 Å². The zero-order chi connectivity index (χ0) is 14.2. The largest absolute Gasteiger partial charge is 0.394 e. The molecular formula is C11H16F2N2O4. The van der Waals surface area contributed by atoms with E-state index in [0.717, 1.165) is 4.90 Å². The lowest BCUT2D eigenvalue weighted by atomic mass is 10.1. The zero-order valence-corrected chi connectivity index (χ0v) is 10.4. The fraction of sp³-hybridized carbons (Fsp3) is 0.727. The topological polar surface area (TPSA) is 73.2 Å². The first-order valence-electron chi connectivity index (χ1n) is 5.88. The van der Waals surface area contributed by atoms with E-state index in [0.29, 0.717) is 6.54 Å². The van der Waals surface area contributed by atoms with Gasteiger partial charge in [0.05, 0.1) is 6.61 Å². The summed E-state index contributed by atoms with van der Waals surface area (Å²) >= 11 is 0. The summed E-state index contributed by atoms with van der Waals surface area (Å²) in [6, 6.07) is -0.611. The van der Waals surface area contributed by atoms with Crippen molar-refractivity contribution in [1.29, 1.82) is 0 Å². The molecule has 3 atom stereocenters. The van der Waals surface area contributed by atoms with Crippen LogP contribution in [0.2, 0.25) is 0 Å². The summed E-state index contributed by atoms with van der Waals surface area (Å²) in [5, 5.41) is 18.3. The highest BCUT2D eigenvalue weighted by atomic mass is 19.3. The van der Waals surface area contributed by atoms with Gasteiger partial charge in [0.2, 0.25) is 6.23 Å². The summed E-state index contributed by atoms with van der Waals surface area (Å²) in [5.74, 6) is -3.62. The maximum atomic E-state index is 13.9. The highest BCUT2D eigenvalue weighted by molar-refractivity contribution is 5.75. The number of ether oxygens (including phenoxy) is 1. The summed E-state index contributed by atoms with van der Waals surface area (Å²) in [7, 11) is 1.48. The van der Waals surface area contributed by atoms with Crippen LogP contribution in [0.25, 0.3) is 0 Å². The van der Waals surface area contributed by atoms with Gasteiger partial charge < -0.3 is 19.8 Å². The van der Waals surface area contributed by atoms with Crippen molar-refractivity contribution in [3.8, 4) is 0 Å². The van der Waals surface area contributed by atoms with E-state index in [4.69, 9.17) is 9.84 Å². The highest BCUT2D eigenvalue weighted by Crippen LogP contribution is 2.38. The number of amides is 2. The van der Waals surface area contributed by atoms with Crippen LogP contribution in [0.4, 0.5) is 13.6 Å². The molecule has 2 N–H and O–H groups in total. The normalized spacial score (nSPS) is 34.8. The Hall–Kier alpha value is -1.25. The van der Waals surface area contributed by atoms with Crippen LogP contribution in [0.1, 0.15) is 0 Å². The van der Waals surface area contributed by atoms with Gasteiger partial charge in [-0.2, -0.15) is 8.78 Å². The Kier molecular flexibility index (Phi) is 3.75. The van der Waals surface area contributed by atoms with Gasteiger partial charge in [0, 0.05) is 20.1 Å². The van der Waals surface area contributed by atoms with Crippen molar-refractivity contribution in [2.45, 2.75) is 24.4 Å². The minimum atomic E-state index is -3.62. The maximum absolute atomic E-state index is 13.9. The molecule has 0 saturated carbocycles. The van der Waals surface area contributed by atoms with Crippen LogP contribution in [0.5, 0.6) is 0 Å². The van der Waals surface area contributed by atoms with E-state index in [1.807, 2.05) is 0 Å². The molecule has 0 aromatic rings. The number of urea groups is 1. The van der Waals surface area contributed by atoms with Crippen molar-refractivity contribution in [2.75, 3.05) is 26.7 Å². The molecule has 0 unspecified atom stereocenters. The van der Waals surface area contributed by atoms with Crippen molar-refractivity contribution >= 4 is 6.03 Å². The van der Waals surface area contributed by atoms with Crippen LogP contribution >= 0.6 is 0 Å². The van der Waals surface area contributed by atoms with Crippen molar-refractivity contribution in [2.24, 2.45) is 0 Å². The van der Waals surface area contributed by atoms with E-state index in [2.05, 4.69) is 0 Å². The number of hydrogen-bond donors (Lipinski definition) is 2. The predicted octanol–water partition coefficient (Wildman–Crippen LogP) is -0.377. The van der Waals surface area contributed by atoms with Crippen LogP contribution in [-0.2, 0) is 4.74 Å². The molecule has 0 spiro atoms. The molecule has 8 heteroatoms. The fourth-order valence-electron chi connectivity index (χ4n) is 2.14. The lowest BCUT2D eigenvalue weighted by molar-refractivity contribution is -0.154. The second-order valence-electron chi connectivity index (χ2n) is 4.62. The first-order chi connectivity index (χ1) is 8.89. The SMILES string of the molecule is CN1CC=CCN([C@@H]2O[C@H](CO)[C@@H](O)C2(F)F)C1=O. The number of rotatable bonds is 2. The Morgan fingerprint density at radius 3 is 2.68 bits per heavy atom. The van der Waals surface area contributed by atoms with Crippen molar-refractivity contribution in [3.63, 3.8) is 0 Å². The highest BCUT2D eigenvalue weighted by Gasteiger charge is 2.61. The van der Waals surface area contributed by atoms with Crippen molar-refractivity contribution in [1.82, 2.24) is 9.80 Å². The number of carbonyl (C=O) groups excluding carboxylic acids is 1. The second kappa shape index (κ2) is 5.03. The molecule has 1 saturated heterocycles. The Morgan fingerprint density at radius 2 is 2.11 bits per heavy atom. The summed E-state index contributed by atoms with van der Waals surface area (Å²) < 4.78 is 32.8. The molecular weight excluding hydrogens is 262 g/mol. The van der Waals surface area contributed by atoms with E-state index in [9.17, 15) is 18.7 Å². The molecule has 6 nitrogen and oxygen atoms in total. The van der Waals surface area contributed by atoms with Gasteiger partial charge in [0.15, 0.2) is 6.10 Å². The molecule has 2 amide bonds. The molecule has 108 valence electrons. The summed E-state index contributed by atoms with van der Waals surface area (Å²) in [5.41, 5.74) is 0. The molecule has 0 aliphatic carbocycles. The number of nitrogens with zero attached hydrogens (tertiary/aromatic N) is 2. The van der Waals surface area contributed by atoms with Crippen LogP contribution in [0.3, 0.4) is 0 Å². The number of carbonyl (C=O) groups is 1. The molecule has 0 bridgehead atoms. The Balaban J connectivity index is 2.25. The quantitative estimate of drug-likeness (QED) is 0.676. The number of likely N-dealkylation sites (N-methyl/N-ethyl adjacent to an activating group) is 1. The van der Waals surface area contributed by atoms with E-state index in [1.54, 1.807) is 12.2 Å². The lowest BCUT2D eigenvalue weighted by Gasteiger charge is -2.32. The minimum Gasteiger partial charge on any atom is -0.394 e. The van der Waals surface area contributed by atoms with Gasteiger partial charge in [-0.25, -0.2) is 4.79 Å². The molecule has 0 radical (unpaired) electrons. The van der Waals surface area contributed by atoms with E-state index in [-0.39, 0.29) is 6.54 Å². The molecule has 2 aliphatic heterocycles. The average molecular weight is 278 g/mol. The van der Waals surface area contributed by atoms with Gasteiger partial charge in [-0.1, -0.05) is 12.2 Å². The molecule has 0 aromatic carbocycles. The zero-order valence-electron chi connectivity index (χ0n) is 10.4. The van der Waals surface area contributed by atoms with E-state index >= 15 is 0 Å². The minimum absolute atomic E-state index is 0.0334. The van der Waals surface area contributed by atoms with Crippen molar-refractivity contribution < 1.29 is 28.5 Å². The molecule has 19 heavy (non-hydrogen) atoms. The number of halogens is 2. The van der Waals surface area contributed by atoms with Gasteiger partial charge in [0.1, 0.15) is 6.10 Å². The molecule has 1 fully saturated rings. The molecule has 2 aliphatic rings. The molecule has 0 aromatic heterocycles. The standard InChI is InChI=1S/C11H16F2N2O4/c1-14-4-2-3-5-15(10(14)18)9-11(12,13)8(17)7(6-16)19-9/h2-3,7-9,16-17H,4-6H2,1H3/t7-,8-,9-/m1/s1. The third-order valence-corrected chi connectivity index (χ3v) is 3.26. The maximum Gasteiger partial charge on any atom is 0.322 e. The van der Waals surface area contributed by atoms with Gasteiger partial charge in [0.25, 0.3) is 0 Å². The fourth-order valence-corrected chi connectivity index (χ4v) is 2.14. The van der Waals surface area contributed by atoms with Gasteiger partial charge in [-0.15, -0.1) is 0 Å².